The van der Waals surface area contributed by atoms with Crippen LogP contribution in [0.1, 0.15) is 22.8 Å². The van der Waals surface area contributed by atoms with Crippen molar-refractivity contribution in [3.05, 3.63) is 28.5 Å². The number of rotatable bonds is 0. The average Bonchev–Trinajstić information content (AvgIpc) is 2.92. The van der Waals surface area contributed by atoms with E-state index in [1.54, 1.807) is 0 Å². The second-order valence-electron chi connectivity index (χ2n) is 4.85. The van der Waals surface area contributed by atoms with Crippen molar-refractivity contribution in [2.24, 2.45) is 7.05 Å². The van der Waals surface area contributed by atoms with Crippen LogP contribution in [0.2, 0.25) is 0 Å². The SMILES string of the molecule is Cc1sc2cc3oc4c(c3cc2[n+]1C)CCC4. The van der Waals surface area contributed by atoms with Crippen molar-refractivity contribution in [2.75, 3.05) is 0 Å². The van der Waals surface area contributed by atoms with Gasteiger partial charge >= 0.3 is 0 Å². The van der Waals surface area contributed by atoms with Gasteiger partial charge in [0, 0.05) is 36.4 Å². The minimum absolute atomic E-state index is 1.07. The number of thiazole rings is 1. The van der Waals surface area contributed by atoms with Gasteiger partial charge in [-0.05, 0) is 12.8 Å². The van der Waals surface area contributed by atoms with Crippen LogP contribution in [0.5, 0.6) is 0 Å². The predicted molar refractivity (Wildman–Crippen MR) is 69.5 cm³/mol. The Labute approximate surface area is 103 Å². The van der Waals surface area contributed by atoms with Crippen molar-refractivity contribution in [3.8, 4) is 0 Å². The lowest BCUT2D eigenvalue weighted by Gasteiger charge is -1.91. The summed E-state index contributed by atoms with van der Waals surface area (Å²) in [5.74, 6) is 1.22. The van der Waals surface area contributed by atoms with E-state index in [0.717, 1.165) is 12.0 Å². The Hall–Kier alpha value is -1.35. The van der Waals surface area contributed by atoms with E-state index in [0.29, 0.717) is 0 Å². The molecule has 17 heavy (non-hydrogen) atoms. The van der Waals surface area contributed by atoms with E-state index in [9.17, 15) is 0 Å². The van der Waals surface area contributed by atoms with E-state index in [-0.39, 0.29) is 0 Å². The molecule has 0 unspecified atom stereocenters. The maximum Gasteiger partial charge on any atom is 0.234 e. The molecule has 0 radical (unpaired) electrons. The number of fused-ring (bicyclic) bond motifs is 4. The monoisotopic (exact) mass is 244 g/mol. The van der Waals surface area contributed by atoms with Gasteiger partial charge in [0.15, 0.2) is 0 Å². The Kier molecular flexibility index (Phi) is 1.76. The molecule has 0 saturated heterocycles. The van der Waals surface area contributed by atoms with Crippen molar-refractivity contribution < 1.29 is 8.98 Å². The van der Waals surface area contributed by atoms with E-state index in [4.69, 9.17) is 4.42 Å². The minimum Gasteiger partial charge on any atom is -0.461 e. The van der Waals surface area contributed by atoms with Gasteiger partial charge in [-0.25, -0.2) is 0 Å². The molecule has 2 heterocycles. The van der Waals surface area contributed by atoms with Crippen LogP contribution in [-0.4, -0.2) is 0 Å². The number of hydrogen-bond acceptors (Lipinski definition) is 2. The Morgan fingerprint density at radius 3 is 3.06 bits per heavy atom. The topological polar surface area (TPSA) is 17.0 Å². The normalized spacial score (nSPS) is 14.9. The maximum atomic E-state index is 5.97. The molecular formula is C14H14NOS+. The molecule has 2 nitrogen and oxygen atoms in total. The lowest BCUT2D eigenvalue weighted by atomic mass is 10.1. The molecule has 1 aliphatic rings. The van der Waals surface area contributed by atoms with E-state index in [2.05, 4.69) is 30.7 Å². The summed E-state index contributed by atoms with van der Waals surface area (Å²) < 4.78 is 9.56. The minimum atomic E-state index is 1.07. The zero-order valence-corrected chi connectivity index (χ0v) is 10.9. The molecule has 0 bridgehead atoms. The summed E-state index contributed by atoms with van der Waals surface area (Å²) in [7, 11) is 2.14. The number of nitrogens with zero attached hydrogens (tertiary/aromatic N) is 1. The standard InChI is InChI=1S/C14H14NOS/c1-8-15(2)11-6-10-9-4-3-5-12(9)16-13(10)7-14(11)17-8/h6-7H,3-5H2,1-2H3/q+1. The van der Waals surface area contributed by atoms with Crippen LogP contribution < -0.4 is 4.57 Å². The van der Waals surface area contributed by atoms with Crippen molar-refractivity contribution in [1.82, 2.24) is 0 Å². The molecule has 2 aromatic heterocycles. The number of hydrogen-bond donors (Lipinski definition) is 0. The highest BCUT2D eigenvalue weighted by molar-refractivity contribution is 7.18. The fraction of sp³-hybridized carbons (Fsp3) is 0.357. The lowest BCUT2D eigenvalue weighted by Crippen LogP contribution is -2.28. The third-order valence-corrected chi connectivity index (χ3v) is 4.99. The summed E-state index contributed by atoms with van der Waals surface area (Å²) >= 11 is 1.84. The molecule has 0 fully saturated rings. The highest BCUT2D eigenvalue weighted by Gasteiger charge is 2.22. The van der Waals surface area contributed by atoms with Crippen molar-refractivity contribution in [2.45, 2.75) is 26.2 Å². The third kappa shape index (κ3) is 1.18. The van der Waals surface area contributed by atoms with Crippen LogP contribution in [0.25, 0.3) is 21.2 Å². The predicted octanol–water partition coefficient (Wildman–Crippen LogP) is 3.27. The molecule has 0 saturated carbocycles. The number of aromatic nitrogens is 1. The molecule has 3 aromatic rings. The molecule has 3 heteroatoms. The first-order chi connectivity index (χ1) is 8.24. The van der Waals surface area contributed by atoms with E-state index in [1.165, 1.54) is 44.8 Å². The molecular weight excluding hydrogens is 230 g/mol. The molecule has 0 aliphatic heterocycles. The Bertz CT molecular complexity index is 751. The average molecular weight is 244 g/mol. The molecule has 4 rings (SSSR count). The summed E-state index contributed by atoms with van der Waals surface area (Å²) in [5.41, 5.74) is 3.85. The summed E-state index contributed by atoms with van der Waals surface area (Å²) in [6, 6.07) is 4.52. The Morgan fingerprint density at radius 2 is 2.18 bits per heavy atom. The lowest BCUT2D eigenvalue weighted by molar-refractivity contribution is -0.646. The molecule has 86 valence electrons. The summed E-state index contributed by atoms with van der Waals surface area (Å²) in [6.45, 7) is 2.16. The fourth-order valence-electron chi connectivity index (χ4n) is 2.86. The number of furan rings is 1. The maximum absolute atomic E-state index is 5.97. The van der Waals surface area contributed by atoms with Gasteiger partial charge in [-0.2, -0.15) is 4.57 Å². The van der Waals surface area contributed by atoms with E-state index < -0.39 is 0 Å². The van der Waals surface area contributed by atoms with Gasteiger partial charge in [0.1, 0.15) is 23.1 Å². The number of aryl methyl sites for hydroxylation is 4. The van der Waals surface area contributed by atoms with Gasteiger partial charge in [-0.3, -0.25) is 0 Å². The first kappa shape index (κ1) is 9.66. The molecule has 0 N–H and O–H groups in total. The largest absolute Gasteiger partial charge is 0.461 e. The second-order valence-corrected chi connectivity index (χ2v) is 6.09. The van der Waals surface area contributed by atoms with Gasteiger partial charge in [0.05, 0.1) is 0 Å². The zero-order chi connectivity index (χ0) is 11.6. The molecule has 1 aliphatic carbocycles. The first-order valence-corrected chi connectivity index (χ1v) is 6.89. The van der Waals surface area contributed by atoms with Crippen molar-refractivity contribution >= 4 is 32.5 Å². The van der Waals surface area contributed by atoms with Crippen LogP contribution in [0.15, 0.2) is 16.5 Å². The van der Waals surface area contributed by atoms with Crippen LogP contribution >= 0.6 is 11.3 Å². The van der Waals surface area contributed by atoms with Gasteiger partial charge in [0.25, 0.3) is 0 Å². The molecule has 0 spiro atoms. The Morgan fingerprint density at radius 1 is 1.29 bits per heavy atom. The van der Waals surface area contributed by atoms with Crippen LogP contribution in [0, 0.1) is 6.92 Å². The molecule has 0 atom stereocenters. The number of benzene rings is 1. The second kappa shape index (κ2) is 3.10. The van der Waals surface area contributed by atoms with Gasteiger partial charge in [-0.15, -0.1) is 0 Å². The summed E-state index contributed by atoms with van der Waals surface area (Å²) in [6.07, 6.45) is 3.54. The summed E-state index contributed by atoms with van der Waals surface area (Å²) in [5, 5.41) is 2.67. The quantitative estimate of drug-likeness (QED) is 0.555. The third-order valence-electron chi connectivity index (χ3n) is 3.88. The molecule has 1 aromatic carbocycles. The van der Waals surface area contributed by atoms with Crippen LogP contribution in [-0.2, 0) is 19.9 Å². The van der Waals surface area contributed by atoms with Crippen LogP contribution in [0.3, 0.4) is 0 Å². The van der Waals surface area contributed by atoms with Gasteiger partial charge < -0.3 is 4.42 Å². The van der Waals surface area contributed by atoms with Gasteiger partial charge in [-0.1, -0.05) is 11.3 Å². The van der Waals surface area contributed by atoms with Crippen molar-refractivity contribution in [3.63, 3.8) is 0 Å². The van der Waals surface area contributed by atoms with Gasteiger partial charge in [0.2, 0.25) is 10.5 Å². The first-order valence-electron chi connectivity index (χ1n) is 6.07. The zero-order valence-electron chi connectivity index (χ0n) is 10.0. The molecule has 0 amide bonds. The highest BCUT2D eigenvalue weighted by Crippen LogP contribution is 2.35. The smallest absolute Gasteiger partial charge is 0.234 e. The highest BCUT2D eigenvalue weighted by atomic mass is 32.1. The Balaban J connectivity index is 2.17. The fourth-order valence-corrected chi connectivity index (χ4v) is 3.88. The van der Waals surface area contributed by atoms with Crippen LogP contribution in [0.4, 0.5) is 0 Å². The van der Waals surface area contributed by atoms with E-state index in [1.807, 2.05) is 11.3 Å². The summed E-state index contributed by atoms with van der Waals surface area (Å²) in [4.78, 5) is 0. The van der Waals surface area contributed by atoms with Crippen molar-refractivity contribution in [1.29, 1.82) is 0 Å². The van der Waals surface area contributed by atoms with E-state index >= 15 is 0 Å².